The average Bonchev–Trinajstić information content (AvgIpc) is 2.70. The van der Waals surface area contributed by atoms with E-state index in [2.05, 4.69) is 10.6 Å². The van der Waals surface area contributed by atoms with E-state index in [4.69, 9.17) is 0 Å². The maximum absolute atomic E-state index is 14.9. The van der Waals surface area contributed by atoms with Crippen molar-refractivity contribution < 1.29 is 52.7 Å². The van der Waals surface area contributed by atoms with Gasteiger partial charge in [-0.3, -0.25) is 0 Å². The highest BCUT2D eigenvalue weighted by atomic mass is 19.3. The SMILES string of the molecule is Fc1c(F)c2c(F)c(F)c1C(F)(F)C(F)(F)c1ccc(c3c1NCCN3)C(F)(F)C2(F)F. The summed E-state index contributed by atoms with van der Waals surface area (Å²) >= 11 is 0. The summed E-state index contributed by atoms with van der Waals surface area (Å²) in [5.41, 5.74) is -12.4. The van der Waals surface area contributed by atoms with Crippen molar-refractivity contribution in [2.24, 2.45) is 0 Å². The van der Waals surface area contributed by atoms with E-state index in [9.17, 15) is 52.7 Å². The number of alkyl halides is 8. The van der Waals surface area contributed by atoms with Crippen LogP contribution in [0.5, 0.6) is 0 Å². The van der Waals surface area contributed by atoms with Crippen molar-refractivity contribution in [3.8, 4) is 0 Å². The summed E-state index contributed by atoms with van der Waals surface area (Å²) in [5, 5.41) is 4.18. The molecule has 0 saturated carbocycles. The lowest BCUT2D eigenvalue weighted by molar-refractivity contribution is -0.231. The molecule has 174 valence electrons. The van der Waals surface area contributed by atoms with Gasteiger partial charge in [0.05, 0.1) is 22.5 Å². The van der Waals surface area contributed by atoms with E-state index in [-0.39, 0.29) is 25.2 Å². The number of hydrogen-bond donors (Lipinski definition) is 2. The molecule has 7 rings (SSSR count). The smallest absolute Gasteiger partial charge is 0.345 e. The third kappa shape index (κ3) is 2.46. The summed E-state index contributed by atoms with van der Waals surface area (Å²) in [7, 11) is 0. The minimum Gasteiger partial charge on any atom is -0.381 e. The first-order chi connectivity index (χ1) is 14.6. The molecule has 2 N–H and O–H groups in total. The molecule has 2 aromatic rings. The summed E-state index contributed by atoms with van der Waals surface area (Å²) in [4.78, 5) is 0. The summed E-state index contributed by atoms with van der Waals surface area (Å²) in [5.74, 6) is -36.8. The van der Waals surface area contributed by atoms with Crippen LogP contribution in [0.25, 0.3) is 0 Å². The quantitative estimate of drug-likeness (QED) is 0.349. The molecule has 4 bridgehead atoms. The first-order valence-corrected chi connectivity index (χ1v) is 8.64. The van der Waals surface area contributed by atoms with Crippen molar-refractivity contribution in [2.75, 3.05) is 23.7 Å². The monoisotopic (exact) mass is 480 g/mol. The Morgan fingerprint density at radius 2 is 0.781 bits per heavy atom. The number of benzene rings is 2. The molecule has 0 amide bonds. The Labute approximate surface area is 170 Å². The topological polar surface area (TPSA) is 24.1 Å². The average molecular weight is 480 g/mol. The number of nitrogens with one attached hydrogen (secondary N) is 2. The lowest BCUT2D eigenvalue weighted by Crippen LogP contribution is -2.43. The normalized spacial score (nSPS) is 21.8. The maximum Gasteiger partial charge on any atom is 0.345 e. The molecule has 14 heteroatoms. The maximum atomic E-state index is 14.9. The van der Waals surface area contributed by atoms with E-state index in [0.717, 1.165) is 0 Å². The molecule has 0 radical (unpaired) electrons. The molecule has 1 aliphatic heterocycles. The fraction of sp³-hybridized carbons (Fsp3) is 0.333. The first kappa shape index (κ1) is 22.4. The predicted octanol–water partition coefficient (Wildman–Crippen LogP) is 6.16. The summed E-state index contributed by atoms with van der Waals surface area (Å²) in [6.07, 6.45) is 0. The Balaban J connectivity index is 2.26. The van der Waals surface area contributed by atoms with Crippen LogP contribution in [0.3, 0.4) is 0 Å². The fourth-order valence-electron chi connectivity index (χ4n) is 3.70. The lowest BCUT2D eigenvalue weighted by atomic mass is 9.85. The molecule has 0 saturated heterocycles. The second-order valence-corrected chi connectivity index (χ2v) is 7.07. The van der Waals surface area contributed by atoms with E-state index in [1.807, 2.05) is 0 Å². The van der Waals surface area contributed by atoms with Gasteiger partial charge in [0.2, 0.25) is 0 Å². The van der Waals surface area contributed by atoms with Crippen LogP contribution in [0, 0.1) is 23.3 Å². The number of rotatable bonds is 0. The minimum atomic E-state index is -6.03. The third-order valence-corrected chi connectivity index (χ3v) is 5.29. The molecule has 0 spiro atoms. The van der Waals surface area contributed by atoms with Crippen LogP contribution in [0.2, 0.25) is 0 Å². The van der Waals surface area contributed by atoms with Gasteiger partial charge in [-0.2, -0.15) is 35.1 Å². The summed E-state index contributed by atoms with van der Waals surface area (Å²) < 4.78 is 175. The first-order valence-electron chi connectivity index (χ1n) is 8.64. The van der Waals surface area contributed by atoms with Gasteiger partial charge in [0.15, 0.2) is 23.3 Å². The molecule has 1 heterocycles. The van der Waals surface area contributed by atoms with Crippen LogP contribution in [-0.2, 0) is 23.7 Å². The third-order valence-electron chi connectivity index (χ3n) is 5.29. The minimum absolute atomic E-state index is 0.0531. The molecule has 4 aliphatic carbocycles. The van der Waals surface area contributed by atoms with Crippen molar-refractivity contribution >= 4 is 11.4 Å². The second kappa shape index (κ2) is 6.38. The van der Waals surface area contributed by atoms with Crippen molar-refractivity contribution in [3.05, 3.63) is 57.7 Å². The lowest BCUT2D eigenvalue weighted by Gasteiger charge is -2.36. The van der Waals surface area contributed by atoms with Crippen molar-refractivity contribution in [1.82, 2.24) is 0 Å². The zero-order valence-corrected chi connectivity index (χ0v) is 15.1. The zero-order chi connectivity index (χ0) is 24.0. The van der Waals surface area contributed by atoms with E-state index in [1.165, 1.54) is 0 Å². The molecule has 0 aromatic heterocycles. The van der Waals surface area contributed by atoms with Crippen molar-refractivity contribution in [3.63, 3.8) is 0 Å². The van der Waals surface area contributed by atoms with Crippen LogP contribution in [0.1, 0.15) is 22.3 Å². The molecule has 32 heavy (non-hydrogen) atoms. The summed E-state index contributed by atoms with van der Waals surface area (Å²) in [6.45, 7) is -0.625. The Morgan fingerprint density at radius 3 is 1.06 bits per heavy atom. The molecule has 2 aromatic carbocycles. The van der Waals surface area contributed by atoms with Crippen molar-refractivity contribution in [2.45, 2.75) is 23.7 Å². The van der Waals surface area contributed by atoms with E-state index in [0.29, 0.717) is 0 Å². The highest BCUT2D eigenvalue weighted by molar-refractivity contribution is 5.79. The van der Waals surface area contributed by atoms with E-state index >= 15 is 0 Å². The molecule has 2 nitrogen and oxygen atoms in total. The Bertz CT molecular complexity index is 1020. The van der Waals surface area contributed by atoms with Crippen LogP contribution >= 0.6 is 0 Å². The molecule has 5 aliphatic rings. The standard InChI is InChI=1S/C18H8F12N2/c19-9-7-10(20)12(22)8(11(9)21)18(29,30)16(25,26)6-2-1-5(15(23,24)17(7,27)28)13-14(6)32-4-3-31-13/h1-2,31-32H,3-4H2. The van der Waals surface area contributed by atoms with Crippen LogP contribution in [0.15, 0.2) is 12.1 Å². The van der Waals surface area contributed by atoms with Crippen LogP contribution in [-0.4, -0.2) is 13.1 Å². The van der Waals surface area contributed by atoms with Crippen LogP contribution < -0.4 is 10.6 Å². The van der Waals surface area contributed by atoms with Gasteiger partial charge in [-0.1, -0.05) is 12.1 Å². The van der Waals surface area contributed by atoms with Gasteiger partial charge in [-0.25, -0.2) is 17.6 Å². The highest BCUT2D eigenvalue weighted by Crippen LogP contribution is 2.60. The van der Waals surface area contributed by atoms with Gasteiger partial charge >= 0.3 is 23.7 Å². The van der Waals surface area contributed by atoms with Gasteiger partial charge in [0.25, 0.3) is 0 Å². The highest BCUT2D eigenvalue weighted by Gasteiger charge is 2.67. The largest absolute Gasteiger partial charge is 0.381 e. The predicted molar refractivity (Wildman–Crippen MR) is 85.3 cm³/mol. The number of halogens is 12. The van der Waals surface area contributed by atoms with E-state index < -0.39 is 80.6 Å². The molecular formula is C18H8F12N2. The summed E-state index contributed by atoms with van der Waals surface area (Å²) in [6, 6.07) is -0.106. The fourth-order valence-corrected chi connectivity index (χ4v) is 3.70. The number of hydrogen-bond acceptors (Lipinski definition) is 2. The Hall–Kier alpha value is -2.80. The second-order valence-electron chi connectivity index (χ2n) is 7.07. The van der Waals surface area contributed by atoms with Gasteiger partial charge in [-0.05, 0) is 0 Å². The Kier molecular flexibility index (Phi) is 4.46. The van der Waals surface area contributed by atoms with Gasteiger partial charge in [0, 0.05) is 13.1 Å². The number of anilines is 2. The molecule has 0 atom stereocenters. The molecule has 0 unspecified atom stereocenters. The van der Waals surface area contributed by atoms with Gasteiger partial charge in [-0.15, -0.1) is 0 Å². The molecular weight excluding hydrogens is 472 g/mol. The van der Waals surface area contributed by atoms with Gasteiger partial charge < -0.3 is 10.6 Å². The molecule has 0 fully saturated rings. The van der Waals surface area contributed by atoms with Crippen LogP contribution in [0.4, 0.5) is 64.1 Å². The van der Waals surface area contributed by atoms with E-state index in [1.54, 1.807) is 0 Å². The van der Waals surface area contributed by atoms with Gasteiger partial charge in [0.1, 0.15) is 11.1 Å². The zero-order valence-electron chi connectivity index (χ0n) is 15.1. The van der Waals surface area contributed by atoms with Crippen molar-refractivity contribution in [1.29, 1.82) is 0 Å². The Morgan fingerprint density at radius 1 is 0.500 bits per heavy atom.